The van der Waals surface area contributed by atoms with Crippen molar-refractivity contribution in [3.8, 4) is 11.5 Å². The Morgan fingerprint density at radius 1 is 1.16 bits per heavy atom. The fraction of sp³-hybridized carbons (Fsp3) is 0.600. The van der Waals surface area contributed by atoms with Crippen LogP contribution in [0.1, 0.15) is 25.0 Å². The van der Waals surface area contributed by atoms with Gasteiger partial charge in [-0.05, 0) is 57.0 Å². The van der Waals surface area contributed by atoms with Crippen molar-refractivity contribution in [2.75, 3.05) is 27.3 Å². The average Bonchev–Trinajstić information content (AvgIpc) is 2.34. The highest BCUT2D eigenvalue weighted by molar-refractivity contribution is 5.46. The number of nitrogens with two attached hydrogens (primary N) is 1. The molecule has 0 amide bonds. The van der Waals surface area contributed by atoms with Gasteiger partial charge >= 0.3 is 0 Å². The molecule has 0 atom stereocenters. The van der Waals surface area contributed by atoms with Gasteiger partial charge in [0.15, 0.2) is 0 Å². The molecule has 0 aromatic heterocycles. The van der Waals surface area contributed by atoms with E-state index in [1.54, 1.807) is 14.2 Å². The highest BCUT2D eigenvalue weighted by Crippen LogP contribution is 2.28. The third-order valence-corrected chi connectivity index (χ3v) is 2.95. The molecule has 0 unspecified atom stereocenters. The lowest BCUT2D eigenvalue weighted by Crippen LogP contribution is -2.43. The zero-order valence-corrected chi connectivity index (χ0v) is 12.7. The molecule has 108 valence electrons. The summed E-state index contributed by atoms with van der Waals surface area (Å²) in [6.07, 6.45) is 0.885. The van der Waals surface area contributed by atoms with Crippen molar-refractivity contribution in [2.45, 2.75) is 32.7 Å². The lowest BCUT2D eigenvalue weighted by molar-refractivity contribution is 0.395. The summed E-state index contributed by atoms with van der Waals surface area (Å²) in [5.41, 5.74) is 7.97. The summed E-state index contributed by atoms with van der Waals surface area (Å²) >= 11 is 0. The molecule has 0 saturated heterocycles. The minimum atomic E-state index is -0.185. The standard InChI is InChI=1S/C15H26N2O2/c1-11-8-14(19-5)12(9-13(11)18-4)6-7-17-10-15(2,3)16/h8-9,17H,6-7,10,16H2,1-5H3. The summed E-state index contributed by atoms with van der Waals surface area (Å²) in [5, 5.41) is 3.36. The predicted octanol–water partition coefficient (Wildman–Crippen LogP) is 1.88. The minimum Gasteiger partial charge on any atom is -0.496 e. The Hall–Kier alpha value is -1.26. The third-order valence-electron chi connectivity index (χ3n) is 2.95. The van der Waals surface area contributed by atoms with Crippen LogP contribution in [-0.4, -0.2) is 32.8 Å². The Labute approximate surface area is 116 Å². The molecule has 3 N–H and O–H groups in total. The highest BCUT2D eigenvalue weighted by Gasteiger charge is 2.11. The molecule has 1 aromatic carbocycles. The summed E-state index contributed by atoms with van der Waals surface area (Å²) in [6.45, 7) is 7.69. The predicted molar refractivity (Wildman–Crippen MR) is 79.1 cm³/mol. The zero-order valence-electron chi connectivity index (χ0n) is 12.7. The topological polar surface area (TPSA) is 56.5 Å². The van der Waals surface area contributed by atoms with E-state index < -0.39 is 0 Å². The van der Waals surface area contributed by atoms with Crippen molar-refractivity contribution >= 4 is 0 Å². The Kier molecular flexibility index (Phi) is 5.63. The Bertz CT molecular complexity index is 411. The van der Waals surface area contributed by atoms with E-state index >= 15 is 0 Å². The molecule has 0 radical (unpaired) electrons. The van der Waals surface area contributed by atoms with Gasteiger partial charge < -0.3 is 20.5 Å². The maximum absolute atomic E-state index is 5.93. The first-order valence-corrected chi connectivity index (χ1v) is 6.58. The molecule has 0 fully saturated rings. The fourth-order valence-electron chi connectivity index (χ4n) is 1.94. The smallest absolute Gasteiger partial charge is 0.122 e. The monoisotopic (exact) mass is 266 g/mol. The van der Waals surface area contributed by atoms with Gasteiger partial charge in [0.05, 0.1) is 14.2 Å². The fourth-order valence-corrected chi connectivity index (χ4v) is 1.94. The van der Waals surface area contributed by atoms with Gasteiger partial charge in [0.1, 0.15) is 11.5 Å². The largest absolute Gasteiger partial charge is 0.496 e. The van der Waals surface area contributed by atoms with Crippen LogP contribution in [0.4, 0.5) is 0 Å². The van der Waals surface area contributed by atoms with Crippen molar-refractivity contribution in [3.63, 3.8) is 0 Å². The van der Waals surface area contributed by atoms with Gasteiger partial charge in [-0.15, -0.1) is 0 Å². The second-order valence-electron chi connectivity index (χ2n) is 5.55. The van der Waals surface area contributed by atoms with E-state index in [4.69, 9.17) is 15.2 Å². The average molecular weight is 266 g/mol. The number of hydrogen-bond donors (Lipinski definition) is 2. The van der Waals surface area contributed by atoms with Crippen LogP contribution in [0.2, 0.25) is 0 Å². The van der Waals surface area contributed by atoms with Crippen molar-refractivity contribution in [3.05, 3.63) is 23.3 Å². The van der Waals surface area contributed by atoms with Gasteiger partial charge in [0, 0.05) is 12.1 Å². The van der Waals surface area contributed by atoms with Crippen LogP contribution >= 0.6 is 0 Å². The van der Waals surface area contributed by atoms with Crippen molar-refractivity contribution in [1.82, 2.24) is 5.32 Å². The summed E-state index contributed by atoms with van der Waals surface area (Å²) in [5.74, 6) is 1.81. The Morgan fingerprint density at radius 2 is 1.79 bits per heavy atom. The number of nitrogens with one attached hydrogen (secondary N) is 1. The second-order valence-corrected chi connectivity index (χ2v) is 5.55. The molecule has 0 saturated carbocycles. The molecular formula is C15H26N2O2. The molecule has 0 aliphatic heterocycles. The summed E-state index contributed by atoms with van der Waals surface area (Å²) < 4.78 is 10.8. The normalized spacial score (nSPS) is 11.5. The lowest BCUT2D eigenvalue weighted by atomic mass is 10.1. The van der Waals surface area contributed by atoms with E-state index in [9.17, 15) is 0 Å². The minimum absolute atomic E-state index is 0.185. The second kappa shape index (κ2) is 6.78. The molecule has 0 bridgehead atoms. The molecular weight excluding hydrogens is 240 g/mol. The Morgan fingerprint density at radius 3 is 2.32 bits per heavy atom. The molecule has 1 rings (SSSR count). The van der Waals surface area contributed by atoms with Crippen LogP contribution in [0, 0.1) is 6.92 Å². The quantitative estimate of drug-likeness (QED) is 0.740. The number of rotatable bonds is 7. The van der Waals surface area contributed by atoms with E-state index in [1.165, 1.54) is 0 Å². The van der Waals surface area contributed by atoms with E-state index in [0.29, 0.717) is 0 Å². The van der Waals surface area contributed by atoms with Gasteiger partial charge in [-0.1, -0.05) is 0 Å². The van der Waals surface area contributed by atoms with Crippen LogP contribution in [0.25, 0.3) is 0 Å². The maximum Gasteiger partial charge on any atom is 0.122 e. The van der Waals surface area contributed by atoms with Crippen LogP contribution < -0.4 is 20.5 Å². The van der Waals surface area contributed by atoms with Gasteiger partial charge in [-0.25, -0.2) is 0 Å². The van der Waals surface area contributed by atoms with Gasteiger partial charge in [-0.3, -0.25) is 0 Å². The van der Waals surface area contributed by atoms with Gasteiger partial charge in [0.25, 0.3) is 0 Å². The molecule has 4 nitrogen and oxygen atoms in total. The third kappa shape index (κ3) is 5.09. The molecule has 0 aliphatic rings. The van der Waals surface area contributed by atoms with Crippen LogP contribution in [0.5, 0.6) is 11.5 Å². The summed E-state index contributed by atoms with van der Waals surface area (Å²) in [7, 11) is 3.38. The maximum atomic E-state index is 5.93. The number of benzene rings is 1. The van der Waals surface area contributed by atoms with Crippen LogP contribution in [-0.2, 0) is 6.42 Å². The molecule has 4 heteroatoms. The lowest BCUT2D eigenvalue weighted by Gasteiger charge is -2.19. The molecule has 1 aromatic rings. The van der Waals surface area contributed by atoms with Crippen molar-refractivity contribution in [2.24, 2.45) is 5.73 Å². The van der Waals surface area contributed by atoms with E-state index in [0.717, 1.165) is 42.1 Å². The number of ether oxygens (including phenoxy) is 2. The molecule has 0 aliphatic carbocycles. The number of hydrogen-bond acceptors (Lipinski definition) is 4. The van der Waals surface area contributed by atoms with E-state index in [-0.39, 0.29) is 5.54 Å². The summed E-state index contributed by atoms with van der Waals surface area (Å²) in [6, 6.07) is 4.06. The first kappa shape index (κ1) is 15.8. The Balaban J connectivity index is 2.66. The van der Waals surface area contributed by atoms with Crippen LogP contribution in [0.15, 0.2) is 12.1 Å². The summed E-state index contributed by atoms with van der Waals surface area (Å²) in [4.78, 5) is 0. The first-order valence-electron chi connectivity index (χ1n) is 6.58. The number of aryl methyl sites for hydroxylation is 1. The molecule has 19 heavy (non-hydrogen) atoms. The van der Waals surface area contributed by atoms with Crippen molar-refractivity contribution < 1.29 is 9.47 Å². The zero-order chi connectivity index (χ0) is 14.5. The van der Waals surface area contributed by atoms with Crippen molar-refractivity contribution in [1.29, 1.82) is 0 Å². The van der Waals surface area contributed by atoms with E-state index in [1.807, 2.05) is 32.9 Å². The van der Waals surface area contributed by atoms with Gasteiger partial charge in [-0.2, -0.15) is 0 Å². The van der Waals surface area contributed by atoms with Crippen LogP contribution in [0.3, 0.4) is 0 Å². The van der Waals surface area contributed by atoms with Gasteiger partial charge in [0.2, 0.25) is 0 Å². The first-order chi connectivity index (χ1) is 8.87. The molecule has 0 heterocycles. The highest BCUT2D eigenvalue weighted by atomic mass is 16.5. The number of methoxy groups -OCH3 is 2. The van der Waals surface area contributed by atoms with E-state index in [2.05, 4.69) is 5.32 Å². The molecule has 0 spiro atoms. The SMILES string of the molecule is COc1cc(CCNCC(C)(C)N)c(OC)cc1C.